The lowest BCUT2D eigenvalue weighted by atomic mass is 10.1. The Morgan fingerprint density at radius 1 is 1.19 bits per heavy atom. The molecule has 2 amide bonds. The first-order valence-corrected chi connectivity index (χ1v) is 10.2. The van der Waals surface area contributed by atoms with Crippen LogP contribution in [0.5, 0.6) is 5.75 Å². The number of fused-ring (bicyclic) bond motifs is 1. The van der Waals surface area contributed by atoms with Gasteiger partial charge in [0.2, 0.25) is 11.8 Å². The fourth-order valence-corrected chi connectivity index (χ4v) is 3.37. The van der Waals surface area contributed by atoms with E-state index in [1.807, 2.05) is 20.8 Å². The molecule has 0 aliphatic rings. The van der Waals surface area contributed by atoms with Crippen molar-refractivity contribution in [3.63, 3.8) is 0 Å². The van der Waals surface area contributed by atoms with Crippen molar-refractivity contribution in [2.45, 2.75) is 53.1 Å². The van der Waals surface area contributed by atoms with Crippen molar-refractivity contribution >= 4 is 34.2 Å². The van der Waals surface area contributed by atoms with Crippen LogP contribution in [0.3, 0.4) is 0 Å². The molecule has 0 aliphatic heterocycles. The molecule has 2 aromatic heterocycles. The second-order valence-corrected chi connectivity index (χ2v) is 8.47. The summed E-state index contributed by atoms with van der Waals surface area (Å²) in [5, 5.41) is 10.2. The molecule has 0 bridgehead atoms. The lowest BCUT2D eigenvalue weighted by Gasteiger charge is -2.20. The normalized spacial score (nSPS) is 11.4. The molecule has 0 saturated heterocycles. The van der Waals surface area contributed by atoms with Crippen molar-refractivity contribution in [1.29, 1.82) is 0 Å². The lowest BCUT2D eigenvalue weighted by molar-refractivity contribution is -0.116. The van der Waals surface area contributed by atoms with E-state index in [-0.39, 0.29) is 35.9 Å². The van der Waals surface area contributed by atoms with E-state index < -0.39 is 0 Å². The number of carbonyl (C=O) groups is 2. The van der Waals surface area contributed by atoms with E-state index in [0.717, 1.165) is 0 Å². The molecule has 2 heterocycles. The molecule has 32 heavy (non-hydrogen) atoms. The Hall–Kier alpha value is -3.69. The van der Waals surface area contributed by atoms with Crippen LogP contribution in [0.25, 0.3) is 11.0 Å². The molecule has 0 radical (unpaired) electrons. The van der Waals surface area contributed by atoms with E-state index in [2.05, 4.69) is 20.7 Å². The van der Waals surface area contributed by atoms with Gasteiger partial charge in [0.15, 0.2) is 5.65 Å². The maximum Gasteiger partial charge on any atom is 0.264 e. The van der Waals surface area contributed by atoms with Gasteiger partial charge in [-0.1, -0.05) is 0 Å². The van der Waals surface area contributed by atoms with E-state index in [9.17, 15) is 14.4 Å². The average molecular weight is 441 g/mol. The number of methoxy groups -OCH3 is 1. The number of aromatic nitrogens is 4. The van der Waals surface area contributed by atoms with Crippen LogP contribution >= 0.6 is 0 Å². The van der Waals surface area contributed by atoms with Gasteiger partial charge in [0.05, 0.1) is 24.5 Å². The number of nitrogens with zero attached hydrogens (tertiary/aromatic N) is 4. The summed E-state index contributed by atoms with van der Waals surface area (Å²) in [5.74, 6) is 0.435. The fraction of sp³-hybridized carbons (Fsp3) is 0.409. The van der Waals surface area contributed by atoms with Crippen molar-refractivity contribution in [3.8, 4) is 5.75 Å². The zero-order valence-electron chi connectivity index (χ0n) is 19.1. The summed E-state index contributed by atoms with van der Waals surface area (Å²) >= 11 is 0. The Morgan fingerprint density at radius 2 is 1.91 bits per heavy atom. The monoisotopic (exact) mass is 440 g/mol. The summed E-state index contributed by atoms with van der Waals surface area (Å²) in [7, 11) is 1.49. The van der Waals surface area contributed by atoms with Crippen LogP contribution in [0.15, 0.2) is 29.2 Å². The molecule has 2 N–H and O–H groups in total. The smallest absolute Gasteiger partial charge is 0.264 e. The lowest BCUT2D eigenvalue weighted by Crippen LogP contribution is -2.28. The molecule has 0 spiro atoms. The Kier molecular flexibility index (Phi) is 6.33. The third-order valence-corrected chi connectivity index (χ3v) is 4.87. The minimum Gasteiger partial charge on any atom is -0.495 e. The van der Waals surface area contributed by atoms with E-state index in [4.69, 9.17) is 4.74 Å². The van der Waals surface area contributed by atoms with Crippen LogP contribution in [0.2, 0.25) is 0 Å². The highest BCUT2D eigenvalue weighted by Gasteiger charge is 2.21. The number of ether oxygens (including phenoxy) is 1. The summed E-state index contributed by atoms with van der Waals surface area (Å²) in [6, 6.07) is 4.95. The molecular weight excluding hydrogens is 412 g/mol. The number of hydrogen-bond acceptors (Lipinski definition) is 6. The fourth-order valence-electron chi connectivity index (χ4n) is 3.37. The molecule has 0 atom stereocenters. The highest BCUT2D eigenvalue weighted by molar-refractivity contribution is 5.94. The van der Waals surface area contributed by atoms with Crippen molar-refractivity contribution < 1.29 is 14.3 Å². The summed E-state index contributed by atoms with van der Waals surface area (Å²) < 4.78 is 8.48. The Bertz CT molecular complexity index is 1240. The topological polar surface area (TPSA) is 120 Å². The highest BCUT2D eigenvalue weighted by atomic mass is 16.5. The second-order valence-electron chi connectivity index (χ2n) is 8.47. The van der Waals surface area contributed by atoms with Gasteiger partial charge in [0.1, 0.15) is 17.0 Å². The largest absolute Gasteiger partial charge is 0.495 e. The van der Waals surface area contributed by atoms with Crippen LogP contribution in [0, 0.1) is 6.92 Å². The minimum absolute atomic E-state index is 0.0505. The van der Waals surface area contributed by atoms with Gasteiger partial charge in [0, 0.05) is 25.6 Å². The van der Waals surface area contributed by atoms with Crippen LogP contribution in [-0.4, -0.2) is 38.3 Å². The van der Waals surface area contributed by atoms with Crippen LogP contribution in [0.4, 0.5) is 11.4 Å². The number of anilines is 2. The van der Waals surface area contributed by atoms with Gasteiger partial charge in [-0.3, -0.25) is 19.0 Å². The molecule has 0 fully saturated rings. The zero-order chi connectivity index (χ0) is 23.6. The standard InChI is InChI=1S/C22H28N6O4/c1-13-24-20-16(12-23-28(20)22(3,4)5)21(31)27(13)10-9-19(30)26-17-11-15(25-14(2)29)7-8-18(17)32-6/h7-8,11-12H,9-10H2,1-6H3,(H,25,29)(H,26,30). The van der Waals surface area contributed by atoms with Crippen LogP contribution in [0.1, 0.15) is 39.9 Å². The summed E-state index contributed by atoms with van der Waals surface area (Å²) in [4.78, 5) is 41.5. The van der Waals surface area contributed by atoms with E-state index in [1.54, 1.807) is 29.8 Å². The summed E-state index contributed by atoms with van der Waals surface area (Å²) in [5.41, 5.74) is 0.935. The number of hydrogen-bond donors (Lipinski definition) is 2. The van der Waals surface area contributed by atoms with E-state index >= 15 is 0 Å². The first kappa shape index (κ1) is 23.0. The maximum atomic E-state index is 13.0. The van der Waals surface area contributed by atoms with Crippen molar-refractivity contribution in [3.05, 3.63) is 40.6 Å². The number of nitrogens with one attached hydrogen (secondary N) is 2. The maximum absolute atomic E-state index is 13.0. The van der Waals surface area contributed by atoms with Gasteiger partial charge in [-0.25, -0.2) is 9.67 Å². The molecule has 170 valence electrons. The van der Waals surface area contributed by atoms with Gasteiger partial charge in [-0.15, -0.1) is 0 Å². The summed E-state index contributed by atoms with van der Waals surface area (Å²) in [6.07, 6.45) is 1.57. The molecule has 0 unspecified atom stereocenters. The Morgan fingerprint density at radius 3 is 2.53 bits per heavy atom. The first-order chi connectivity index (χ1) is 15.0. The second kappa shape index (κ2) is 8.81. The van der Waals surface area contributed by atoms with Crippen LogP contribution in [-0.2, 0) is 21.7 Å². The van der Waals surface area contributed by atoms with Gasteiger partial charge in [-0.2, -0.15) is 5.10 Å². The first-order valence-electron chi connectivity index (χ1n) is 10.2. The Labute approximate surface area is 185 Å². The molecule has 0 saturated carbocycles. The minimum atomic E-state index is -0.315. The number of rotatable bonds is 6. The molecule has 3 aromatic rings. The number of aryl methyl sites for hydroxylation is 1. The van der Waals surface area contributed by atoms with Crippen LogP contribution < -0.4 is 20.9 Å². The Balaban J connectivity index is 1.80. The van der Waals surface area contributed by atoms with Gasteiger partial charge in [-0.05, 0) is 45.9 Å². The number of benzene rings is 1. The van der Waals surface area contributed by atoms with E-state index in [0.29, 0.717) is 34.0 Å². The highest BCUT2D eigenvalue weighted by Crippen LogP contribution is 2.28. The summed E-state index contributed by atoms with van der Waals surface area (Å²) in [6.45, 7) is 9.26. The molecule has 10 nitrogen and oxygen atoms in total. The average Bonchev–Trinajstić information content (AvgIpc) is 3.12. The third kappa shape index (κ3) is 4.79. The molecule has 0 aliphatic carbocycles. The van der Waals surface area contributed by atoms with E-state index in [1.165, 1.54) is 24.8 Å². The quantitative estimate of drug-likeness (QED) is 0.608. The molecular formula is C22H28N6O4. The van der Waals surface area contributed by atoms with Crippen molar-refractivity contribution in [2.75, 3.05) is 17.7 Å². The number of amides is 2. The van der Waals surface area contributed by atoms with Crippen molar-refractivity contribution in [2.24, 2.45) is 0 Å². The zero-order valence-corrected chi connectivity index (χ0v) is 19.1. The molecule has 3 rings (SSSR count). The van der Waals surface area contributed by atoms with Gasteiger partial charge < -0.3 is 15.4 Å². The SMILES string of the molecule is COc1ccc(NC(C)=O)cc1NC(=O)CCn1c(C)nc2c(cnn2C(C)(C)C)c1=O. The van der Waals surface area contributed by atoms with Gasteiger partial charge in [0.25, 0.3) is 5.56 Å². The predicted octanol–water partition coefficient (Wildman–Crippen LogP) is 2.65. The number of carbonyl (C=O) groups excluding carboxylic acids is 2. The molecule has 1 aromatic carbocycles. The van der Waals surface area contributed by atoms with Crippen molar-refractivity contribution in [1.82, 2.24) is 19.3 Å². The molecule has 10 heteroatoms. The predicted molar refractivity (Wildman–Crippen MR) is 122 cm³/mol. The third-order valence-electron chi connectivity index (χ3n) is 4.87. The van der Waals surface area contributed by atoms with Gasteiger partial charge >= 0.3 is 0 Å².